The summed E-state index contributed by atoms with van der Waals surface area (Å²) in [4.78, 5) is 12.3. The third kappa shape index (κ3) is 3.08. The first-order chi connectivity index (χ1) is 9.11. The fourth-order valence-corrected chi connectivity index (χ4v) is 2.12. The molecule has 0 saturated carbocycles. The molecule has 2 rings (SSSR count). The van der Waals surface area contributed by atoms with Crippen molar-refractivity contribution in [3.63, 3.8) is 0 Å². The van der Waals surface area contributed by atoms with E-state index in [4.69, 9.17) is 0 Å². The molecule has 0 aliphatic rings. The Morgan fingerprint density at radius 3 is 2.63 bits per heavy atom. The zero-order valence-corrected chi connectivity index (χ0v) is 11.2. The van der Waals surface area contributed by atoms with Crippen LogP contribution in [-0.2, 0) is 6.42 Å². The van der Waals surface area contributed by atoms with E-state index in [9.17, 15) is 9.18 Å². The van der Waals surface area contributed by atoms with E-state index in [0.717, 1.165) is 24.0 Å². The van der Waals surface area contributed by atoms with Gasteiger partial charge in [-0.2, -0.15) is 0 Å². The summed E-state index contributed by atoms with van der Waals surface area (Å²) in [6.45, 7) is 3.90. The van der Waals surface area contributed by atoms with Crippen molar-refractivity contribution in [1.82, 2.24) is 0 Å². The lowest BCUT2D eigenvalue weighted by Gasteiger charge is -2.06. The molecule has 0 aromatic heterocycles. The summed E-state index contributed by atoms with van der Waals surface area (Å²) < 4.78 is 13.8. The predicted molar refractivity (Wildman–Crippen MR) is 75.0 cm³/mol. The molecule has 0 atom stereocenters. The molecule has 0 aliphatic carbocycles. The summed E-state index contributed by atoms with van der Waals surface area (Å²) in [6, 6.07) is 12.1. The van der Waals surface area contributed by atoms with Gasteiger partial charge in [0.05, 0.1) is 5.56 Å². The summed E-state index contributed by atoms with van der Waals surface area (Å²) in [5, 5.41) is 0. The van der Waals surface area contributed by atoms with Crippen molar-refractivity contribution >= 4 is 5.78 Å². The summed E-state index contributed by atoms with van der Waals surface area (Å²) in [5.74, 6) is -0.707. The average Bonchev–Trinajstić information content (AvgIpc) is 2.39. The van der Waals surface area contributed by atoms with Gasteiger partial charge in [0, 0.05) is 5.56 Å². The average molecular weight is 256 g/mol. The van der Waals surface area contributed by atoms with Crippen LogP contribution in [0.4, 0.5) is 4.39 Å². The fraction of sp³-hybridized carbons (Fsp3) is 0.235. The number of halogens is 1. The Hall–Kier alpha value is -1.96. The number of carbonyl (C=O) groups excluding carboxylic acids is 1. The minimum absolute atomic E-state index is 0.138. The number of rotatable bonds is 4. The molecule has 0 N–H and O–H groups in total. The highest BCUT2D eigenvalue weighted by atomic mass is 19.1. The number of hydrogen-bond acceptors (Lipinski definition) is 1. The van der Waals surface area contributed by atoms with Gasteiger partial charge in [-0.05, 0) is 42.7 Å². The topological polar surface area (TPSA) is 17.1 Å². The Labute approximate surface area is 113 Å². The first kappa shape index (κ1) is 13.5. The van der Waals surface area contributed by atoms with Crippen molar-refractivity contribution in [3.8, 4) is 0 Å². The van der Waals surface area contributed by atoms with Gasteiger partial charge in [-0.25, -0.2) is 4.39 Å². The second-order valence-corrected chi connectivity index (χ2v) is 4.76. The Balaban J connectivity index is 2.35. The van der Waals surface area contributed by atoms with Gasteiger partial charge in [0.25, 0.3) is 0 Å². The van der Waals surface area contributed by atoms with Crippen LogP contribution in [0.2, 0.25) is 0 Å². The second kappa shape index (κ2) is 5.79. The quantitative estimate of drug-likeness (QED) is 0.745. The molecule has 0 radical (unpaired) electrons. The predicted octanol–water partition coefficient (Wildman–Crippen LogP) is 4.32. The van der Waals surface area contributed by atoms with Crippen molar-refractivity contribution in [2.75, 3.05) is 0 Å². The van der Waals surface area contributed by atoms with Crippen LogP contribution in [0, 0.1) is 12.7 Å². The SMILES string of the molecule is CCCc1cccc(C(=O)c2ccc(C)cc2F)c1. The Kier molecular flexibility index (Phi) is 4.10. The van der Waals surface area contributed by atoms with Gasteiger partial charge in [0.2, 0.25) is 0 Å². The number of carbonyl (C=O) groups is 1. The molecule has 0 heterocycles. The first-order valence-electron chi connectivity index (χ1n) is 6.51. The molecule has 0 saturated heterocycles. The van der Waals surface area contributed by atoms with Crippen molar-refractivity contribution in [1.29, 1.82) is 0 Å². The molecule has 2 aromatic carbocycles. The summed E-state index contributed by atoms with van der Waals surface area (Å²) in [6.07, 6.45) is 1.95. The molecule has 1 nitrogen and oxygen atoms in total. The molecule has 98 valence electrons. The van der Waals surface area contributed by atoms with Crippen LogP contribution in [0.5, 0.6) is 0 Å². The second-order valence-electron chi connectivity index (χ2n) is 4.76. The zero-order chi connectivity index (χ0) is 13.8. The maximum absolute atomic E-state index is 13.8. The molecular weight excluding hydrogens is 239 g/mol. The highest BCUT2D eigenvalue weighted by Crippen LogP contribution is 2.16. The van der Waals surface area contributed by atoms with Gasteiger partial charge in [-0.3, -0.25) is 4.79 Å². The summed E-state index contributed by atoms with van der Waals surface area (Å²) >= 11 is 0. The largest absolute Gasteiger partial charge is 0.288 e. The van der Waals surface area contributed by atoms with Crippen molar-refractivity contribution < 1.29 is 9.18 Å². The van der Waals surface area contributed by atoms with Gasteiger partial charge in [-0.15, -0.1) is 0 Å². The smallest absolute Gasteiger partial charge is 0.195 e. The van der Waals surface area contributed by atoms with Crippen molar-refractivity contribution in [2.45, 2.75) is 26.7 Å². The van der Waals surface area contributed by atoms with E-state index >= 15 is 0 Å². The van der Waals surface area contributed by atoms with E-state index in [2.05, 4.69) is 6.92 Å². The van der Waals surface area contributed by atoms with Gasteiger partial charge in [0.15, 0.2) is 5.78 Å². The lowest BCUT2D eigenvalue weighted by Crippen LogP contribution is -2.05. The lowest BCUT2D eigenvalue weighted by atomic mass is 9.99. The molecule has 0 fully saturated rings. The Bertz CT molecular complexity index is 602. The summed E-state index contributed by atoms with van der Waals surface area (Å²) in [5.41, 5.74) is 2.61. The van der Waals surface area contributed by atoms with Crippen molar-refractivity contribution in [3.05, 3.63) is 70.5 Å². The molecule has 0 amide bonds. The molecule has 2 aromatic rings. The zero-order valence-electron chi connectivity index (χ0n) is 11.2. The van der Waals surface area contributed by atoms with Gasteiger partial charge < -0.3 is 0 Å². The number of benzene rings is 2. The first-order valence-corrected chi connectivity index (χ1v) is 6.51. The number of ketones is 1. The van der Waals surface area contributed by atoms with E-state index in [-0.39, 0.29) is 11.3 Å². The Morgan fingerprint density at radius 2 is 1.95 bits per heavy atom. The lowest BCUT2D eigenvalue weighted by molar-refractivity contribution is 0.103. The van der Waals surface area contributed by atoms with Crippen LogP contribution in [0.25, 0.3) is 0 Å². The van der Waals surface area contributed by atoms with Crippen LogP contribution in [0.1, 0.15) is 40.4 Å². The minimum Gasteiger partial charge on any atom is -0.288 e. The number of aryl methyl sites for hydroxylation is 2. The third-order valence-electron chi connectivity index (χ3n) is 3.10. The van der Waals surface area contributed by atoms with Crippen LogP contribution >= 0.6 is 0 Å². The molecule has 2 heteroatoms. The van der Waals surface area contributed by atoms with Crippen molar-refractivity contribution in [2.24, 2.45) is 0 Å². The van der Waals surface area contributed by atoms with E-state index < -0.39 is 5.82 Å². The van der Waals surface area contributed by atoms with Gasteiger partial charge >= 0.3 is 0 Å². The van der Waals surface area contributed by atoms with Crippen LogP contribution < -0.4 is 0 Å². The molecule has 19 heavy (non-hydrogen) atoms. The highest BCUT2D eigenvalue weighted by molar-refractivity contribution is 6.09. The van der Waals surface area contributed by atoms with Gasteiger partial charge in [-0.1, -0.05) is 37.6 Å². The fourth-order valence-electron chi connectivity index (χ4n) is 2.12. The van der Waals surface area contributed by atoms with E-state index in [1.165, 1.54) is 6.07 Å². The Morgan fingerprint density at radius 1 is 1.16 bits per heavy atom. The molecular formula is C17H17FO. The highest BCUT2D eigenvalue weighted by Gasteiger charge is 2.14. The van der Waals surface area contributed by atoms with Crippen LogP contribution in [0.15, 0.2) is 42.5 Å². The van der Waals surface area contributed by atoms with E-state index in [1.54, 1.807) is 25.1 Å². The molecule has 0 unspecified atom stereocenters. The maximum atomic E-state index is 13.8. The van der Waals surface area contributed by atoms with E-state index in [0.29, 0.717) is 5.56 Å². The normalized spacial score (nSPS) is 10.5. The van der Waals surface area contributed by atoms with Crippen LogP contribution in [0.3, 0.4) is 0 Å². The standard InChI is InChI=1S/C17H17FO/c1-3-5-13-6-4-7-14(11-13)17(19)15-9-8-12(2)10-16(15)18/h4,6-11H,3,5H2,1-2H3. The monoisotopic (exact) mass is 256 g/mol. The molecule has 0 bridgehead atoms. The van der Waals surface area contributed by atoms with E-state index in [1.807, 2.05) is 18.2 Å². The minimum atomic E-state index is -0.453. The van der Waals surface area contributed by atoms with Gasteiger partial charge in [0.1, 0.15) is 5.82 Å². The molecule has 0 aliphatic heterocycles. The third-order valence-corrected chi connectivity index (χ3v) is 3.10. The number of hydrogen-bond donors (Lipinski definition) is 0. The van der Waals surface area contributed by atoms with Crippen LogP contribution in [-0.4, -0.2) is 5.78 Å². The summed E-state index contributed by atoms with van der Waals surface area (Å²) in [7, 11) is 0. The molecule has 0 spiro atoms. The maximum Gasteiger partial charge on any atom is 0.195 e.